The van der Waals surface area contributed by atoms with Crippen LogP contribution in [0.2, 0.25) is 0 Å². The van der Waals surface area contributed by atoms with Gasteiger partial charge in [0.2, 0.25) is 11.8 Å². The first-order chi connectivity index (χ1) is 16.4. The maximum absolute atomic E-state index is 12.9. The molecule has 1 aliphatic carbocycles. The number of carbonyl (C=O) groups excluding carboxylic acids is 1. The lowest BCUT2D eigenvalue weighted by Crippen LogP contribution is -2.15. The molecule has 1 amide bonds. The van der Waals surface area contributed by atoms with E-state index >= 15 is 0 Å². The topological polar surface area (TPSA) is 99.4 Å². The van der Waals surface area contributed by atoms with Crippen molar-refractivity contribution in [3.63, 3.8) is 0 Å². The standard InChI is InChI=1S/C25H24N4O4S/c1-14-13-34-25(26-14)27-23(30)19-10-21(31-15(2)17-4-5-17)12-22(11-19)33-20-8-6-18(7-9-20)24-29-28-16(3)32-24/h6-13,15,17H,4-5H2,1-3H3,(H,26,27,30). The summed E-state index contributed by atoms with van der Waals surface area (Å²) >= 11 is 1.38. The van der Waals surface area contributed by atoms with Crippen molar-refractivity contribution in [2.24, 2.45) is 5.92 Å². The van der Waals surface area contributed by atoms with E-state index in [1.54, 1.807) is 25.1 Å². The molecule has 2 aromatic heterocycles. The summed E-state index contributed by atoms with van der Waals surface area (Å²) in [5, 5.41) is 13.2. The minimum absolute atomic E-state index is 0.0740. The molecule has 5 rings (SSSR count). The van der Waals surface area contributed by atoms with Gasteiger partial charge in [0, 0.05) is 29.5 Å². The molecular formula is C25H24N4O4S. The van der Waals surface area contributed by atoms with Gasteiger partial charge in [-0.3, -0.25) is 10.1 Å². The Kier molecular flexibility index (Phi) is 6.02. The van der Waals surface area contributed by atoms with Crippen molar-refractivity contribution in [3.8, 4) is 28.7 Å². The van der Waals surface area contributed by atoms with E-state index in [2.05, 4.69) is 27.4 Å². The van der Waals surface area contributed by atoms with Gasteiger partial charge < -0.3 is 13.9 Å². The number of aromatic nitrogens is 3. The van der Waals surface area contributed by atoms with Crippen molar-refractivity contribution in [2.75, 3.05) is 5.32 Å². The van der Waals surface area contributed by atoms with Gasteiger partial charge in [-0.25, -0.2) is 4.98 Å². The van der Waals surface area contributed by atoms with Gasteiger partial charge in [-0.05, 0) is 69.0 Å². The van der Waals surface area contributed by atoms with E-state index in [0.29, 0.717) is 45.6 Å². The SMILES string of the molecule is Cc1csc(NC(=O)c2cc(Oc3ccc(-c4nnc(C)o4)cc3)cc(OC(C)C3CC3)c2)n1. The van der Waals surface area contributed by atoms with Crippen LogP contribution in [0.3, 0.4) is 0 Å². The van der Waals surface area contributed by atoms with Crippen LogP contribution in [0.25, 0.3) is 11.5 Å². The van der Waals surface area contributed by atoms with Gasteiger partial charge in [0.1, 0.15) is 17.2 Å². The van der Waals surface area contributed by atoms with Crippen LogP contribution in [0.5, 0.6) is 17.2 Å². The normalized spacial score (nSPS) is 14.0. The Morgan fingerprint density at radius 3 is 2.50 bits per heavy atom. The number of ether oxygens (including phenoxy) is 2. The van der Waals surface area contributed by atoms with E-state index in [1.165, 1.54) is 24.2 Å². The Morgan fingerprint density at radius 1 is 1.09 bits per heavy atom. The van der Waals surface area contributed by atoms with E-state index in [0.717, 1.165) is 11.3 Å². The molecular weight excluding hydrogens is 452 g/mol. The van der Waals surface area contributed by atoms with E-state index in [4.69, 9.17) is 13.9 Å². The highest BCUT2D eigenvalue weighted by Gasteiger charge is 2.29. The Balaban J connectivity index is 1.38. The van der Waals surface area contributed by atoms with E-state index in [-0.39, 0.29) is 12.0 Å². The molecule has 1 fully saturated rings. The van der Waals surface area contributed by atoms with Crippen LogP contribution >= 0.6 is 11.3 Å². The number of anilines is 1. The minimum atomic E-state index is -0.272. The highest BCUT2D eigenvalue weighted by molar-refractivity contribution is 7.13. The van der Waals surface area contributed by atoms with Crippen LogP contribution in [0, 0.1) is 19.8 Å². The fourth-order valence-electron chi connectivity index (χ4n) is 3.50. The molecule has 1 aliphatic rings. The van der Waals surface area contributed by atoms with Gasteiger partial charge in [0.05, 0.1) is 11.8 Å². The summed E-state index contributed by atoms with van der Waals surface area (Å²) in [6, 6.07) is 12.5. The Morgan fingerprint density at radius 2 is 1.85 bits per heavy atom. The average Bonchev–Trinajstić information content (AvgIpc) is 3.46. The molecule has 1 N–H and O–H groups in total. The van der Waals surface area contributed by atoms with Crippen molar-refractivity contribution in [1.29, 1.82) is 0 Å². The lowest BCUT2D eigenvalue weighted by atomic mass is 10.1. The second-order valence-electron chi connectivity index (χ2n) is 8.35. The molecule has 4 aromatic rings. The van der Waals surface area contributed by atoms with Crippen molar-refractivity contribution in [3.05, 3.63) is 65.0 Å². The zero-order valence-corrected chi connectivity index (χ0v) is 19.9. The molecule has 1 atom stereocenters. The quantitative estimate of drug-likeness (QED) is 0.331. The molecule has 174 valence electrons. The molecule has 8 nitrogen and oxygen atoms in total. The number of hydrogen-bond donors (Lipinski definition) is 1. The van der Waals surface area contributed by atoms with E-state index in [9.17, 15) is 4.79 Å². The molecule has 0 aliphatic heterocycles. The molecule has 0 bridgehead atoms. The summed E-state index contributed by atoms with van der Waals surface area (Å²) in [7, 11) is 0. The van der Waals surface area contributed by atoms with Gasteiger partial charge in [-0.2, -0.15) is 0 Å². The number of amides is 1. The summed E-state index contributed by atoms with van der Waals surface area (Å²) in [4.78, 5) is 17.2. The van der Waals surface area contributed by atoms with Gasteiger partial charge >= 0.3 is 0 Å². The van der Waals surface area contributed by atoms with Crippen LogP contribution < -0.4 is 14.8 Å². The predicted molar refractivity (Wildman–Crippen MR) is 129 cm³/mol. The van der Waals surface area contributed by atoms with Crippen molar-refractivity contribution in [2.45, 2.75) is 39.7 Å². The third-order valence-electron chi connectivity index (χ3n) is 5.45. The highest BCUT2D eigenvalue weighted by Crippen LogP contribution is 2.36. The van der Waals surface area contributed by atoms with Gasteiger partial charge in [-0.1, -0.05) is 0 Å². The average molecular weight is 477 g/mol. The predicted octanol–water partition coefficient (Wildman–Crippen LogP) is 6.03. The minimum Gasteiger partial charge on any atom is -0.490 e. The zero-order chi connectivity index (χ0) is 23.7. The smallest absolute Gasteiger partial charge is 0.257 e. The lowest BCUT2D eigenvalue weighted by molar-refractivity contribution is 0.102. The third kappa shape index (κ3) is 5.26. The summed E-state index contributed by atoms with van der Waals surface area (Å²) in [5.41, 5.74) is 2.09. The van der Waals surface area contributed by atoms with Crippen molar-refractivity contribution >= 4 is 22.4 Å². The van der Waals surface area contributed by atoms with Crippen molar-refractivity contribution < 1.29 is 18.7 Å². The monoisotopic (exact) mass is 476 g/mol. The number of thiazole rings is 1. The number of nitrogens with one attached hydrogen (secondary N) is 1. The van der Waals surface area contributed by atoms with Crippen LogP contribution in [0.1, 0.15) is 41.7 Å². The maximum Gasteiger partial charge on any atom is 0.257 e. The first-order valence-corrected chi connectivity index (χ1v) is 11.9. The Bertz CT molecular complexity index is 1310. The lowest BCUT2D eigenvalue weighted by Gasteiger charge is -2.16. The van der Waals surface area contributed by atoms with Crippen LogP contribution in [0.4, 0.5) is 5.13 Å². The first kappa shape index (κ1) is 22.1. The molecule has 34 heavy (non-hydrogen) atoms. The summed E-state index contributed by atoms with van der Waals surface area (Å²) in [6.07, 6.45) is 2.41. The largest absolute Gasteiger partial charge is 0.490 e. The number of aryl methyl sites for hydroxylation is 2. The third-order valence-corrected chi connectivity index (χ3v) is 6.33. The number of rotatable bonds is 8. The number of hydrogen-bond acceptors (Lipinski definition) is 8. The molecule has 0 saturated heterocycles. The fraction of sp³-hybridized carbons (Fsp3) is 0.280. The number of carbonyl (C=O) groups is 1. The molecule has 2 aromatic carbocycles. The maximum atomic E-state index is 12.9. The van der Waals surface area contributed by atoms with Gasteiger partial charge in [0.25, 0.3) is 5.91 Å². The summed E-state index contributed by atoms with van der Waals surface area (Å²) < 4.78 is 17.7. The molecule has 0 radical (unpaired) electrons. The first-order valence-electron chi connectivity index (χ1n) is 11.1. The second kappa shape index (κ2) is 9.26. The molecule has 1 unspecified atom stereocenters. The Labute approximate surface area is 201 Å². The highest BCUT2D eigenvalue weighted by atomic mass is 32.1. The fourth-order valence-corrected chi connectivity index (χ4v) is 4.19. The van der Waals surface area contributed by atoms with Gasteiger partial charge in [0.15, 0.2) is 5.13 Å². The zero-order valence-electron chi connectivity index (χ0n) is 19.1. The summed E-state index contributed by atoms with van der Waals surface area (Å²) in [6.45, 7) is 5.69. The molecule has 0 spiro atoms. The summed E-state index contributed by atoms with van der Waals surface area (Å²) in [5.74, 6) is 2.94. The number of benzene rings is 2. The molecule has 2 heterocycles. The molecule has 1 saturated carbocycles. The van der Waals surface area contributed by atoms with Crippen molar-refractivity contribution in [1.82, 2.24) is 15.2 Å². The van der Waals surface area contributed by atoms with E-state index < -0.39 is 0 Å². The van der Waals surface area contributed by atoms with Gasteiger partial charge in [-0.15, -0.1) is 21.5 Å². The Hall–Kier alpha value is -3.72. The number of nitrogens with zero attached hydrogens (tertiary/aromatic N) is 3. The van der Waals surface area contributed by atoms with Crippen LogP contribution in [-0.2, 0) is 0 Å². The van der Waals surface area contributed by atoms with Crippen LogP contribution in [0.15, 0.2) is 52.3 Å². The second-order valence-corrected chi connectivity index (χ2v) is 9.21. The molecule has 9 heteroatoms. The van der Waals surface area contributed by atoms with E-state index in [1.807, 2.05) is 36.6 Å². The van der Waals surface area contributed by atoms with Crippen LogP contribution in [-0.4, -0.2) is 27.2 Å².